The maximum Gasteiger partial charge on any atom is 1.00 e. The average molecular weight is 237 g/mol. The molecule has 0 spiro atoms. The van der Waals surface area contributed by atoms with E-state index in [0.717, 1.165) is 12.1 Å². The first-order valence-corrected chi connectivity index (χ1v) is 4.90. The molecule has 0 saturated heterocycles. The Morgan fingerprint density at radius 2 is 2.07 bits per heavy atom. The van der Waals surface area contributed by atoms with Gasteiger partial charge in [-0.05, 0) is 23.4 Å². The maximum atomic E-state index is 10.6. The first kappa shape index (κ1) is 12.4. The van der Waals surface area contributed by atoms with Crippen molar-refractivity contribution in [3.05, 3.63) is 18.2 Å². The number of fused-ring (bicyclic) bond motifs is 1. The Kier molecular flexibility index (Phi) is 3.36. The Bertz CT molecular complexity index is 593. The first-order chi connectivity index (χ1) is 6.48. The Morgan fingerprint density at radius 3 is 2.67 bits per heavy atom. The number of hydrogen-bond donors (Lipinski definition) is 1. The molecule has 0 unspecified atom stereocenters. The molecule has 15 heavy (non-hydrogen) atoms. The number of aromatic nitrogens is 3. The predicted molar refractivity (Wildman–Crippen MR) is 42.7 cm³/mol. The number of rotatable bonds is 1. The third-order valence-corrected chi connectivity index (χ3v) is 2.52. The van der Waals surface area contributed by atoms with Gasteiger partial charge in [0.2, 0.25) is 0 Å². The Labute approximate surface area is 107 Å². The molecule has 0 atom stereocenters. The van der Waals surface area contributed by atoms with Crippen molar-refractivity contribution in [2.75, 3.05) is 0 Å². The predicted octanol–water partition coefficient (Wildman–Crippen LogP) is -3.42. The SMILES string of the molecule is O=S(=O)([O-])c1ccc2nnn(O)c2c1.[Na+]. The topological polar surface area (TPSA) is 108 Å². The van der Waals surface area contributed by atoms with Gasteiger partial charge in [-0.2, -0.15) is 0 Å². The standard InChI is InChI=1S/C6H5N3O4S.Na/c10-9-6-3-4(14(11,12)13)1-2-5(6)7-8-9;/h1-3,10H,(H,11,12,13);/q;+1/p-1. The van der Waals surface area contributed by atoms with Crippen LogP contribution in [-0.4, -0.2) is 33.3 Å². The Morgan fingerprint density at radius 1 is 1.40 bits per heavy atom. The van der Waals surface area contributed by atoms with Crippen LogP contribution >= 0.6 is 0 Å². The molecular weight excluding hydrogens is 233 g/mol. The zero-order valence-electron chi connectivity index (χ0n) is 7.65. The van der Waals surface area contributed by atoms with Crippen molar-refractivity contribution in [1.82, 2.24) is 15.2 Å². The number of nitrogens with zero attached hydrogens (tertiary/aromatic N) is 3. The molecule has 0 saturated carbocycles. The molecule has 0 aliphatic rings. The Balaban J connectivity index is 0.00000112. The molecule has 9 heteroatoms. The first-order valence-electron chi connectivity index (χ1n) is 3.49. The average Bonchev–Trinajstić information content (AvgIpc) is 2.46. The van der Waals surface area contributed by atoms with Crippen molar-refractivity contribution in [2.45, 2.75) is 4.90 Å². The molecule has 0 aliphatic heterocycles. The van der Waals surface area contributed by atoms with Crippen molar-refractivity contribution < 1.29 is 47.7 Å². The summed E-state index contributed by atoms with van der Waals surface area (Å²) in [6.45, 7) is 0. The number of benzene rings is 1. The van der Waals surface area contributed by atoms with Gasteiger partial charge < -0.3 is 9.76 Å². The van der Waals surface area contributed by atoms with Crippen molar-refractivity contribution in [3.8, 4) is 0 Å². The van der Waals surface area contributed by atoms with Crippen LogP contribution in [0.4, 0.5) is 0 Å². The summed E-state index contributed by atoms with van der Waals surface area (Å²) in [4.78, 5) is -0.0214. The van der Waals surface area contributed by atoms with E-state index in [1.807, 2.05) is 0 Å². The minimum atomic E-state index is -4.52. The summed E-state index contributed by atoms with van der Waals surface area (Å²) in [6.07, 6.45) is 0. The van der Waals surface area contributed by atoms with E-state index in [1.54, 1.807) is 0 Å². The summed E-state index contributed by atoms with van der Waals surface area (Å²) in [6, 6.07) is 3.41. The van der Waals surface area contributed by atoms with Crippen LogP contribution < -0.4 is 29.6 Å². The van der Waals surface area contributed by atoms with Gasteiger partial charge in [-0.15, -0.1) is 5.10 Å². The second kappa shape index (κ2) is 4.06. The minimum absolute atomic E-state index is 0. The smallest absolute Gasteiger partial charge is 0.744 e. The van der Waals surface area contributed by atoms with E-state index in [0.29, 0.717) is 10.4 Å². The van der Waals surface area contributed by atoms with Gasteiger partial charge in [-0.25, -0.2) is 8.42 Å². The van der Waals surface area contributed by atoms with Crippen LogP contribution in [0.3, 0.4) is 0 Å². The largest absolute Gasteiger partial charge is 1.00 e. The molecule has 0 bridgehead atoms. The molecule has 2 rings (SSSR count). The van der Waals surface area contributed by atoms with Crippen LogP contribution in [0, 0.1) is 0 Å². The van der Waals surface area contributed by atoms with E-state index in [1.165, 1.54) is 6.07 Å². The second-order valence-electron chi connectivity index (χ2n) is 2.58. The van der Waals surface area contributed by atoms with Crippen LogP contribution in [0.2, 0.25) is 0 Å². The van der Waals surface area contributed by atoms with Gasteiger partial charge in [-0.3, -0.25) is 0 Å². The van der Waals surface area contributed by atoms with Crippen molar-refractivity contribution in [3.63, 3.8) is 0 Å². The Hall–Kier alpha value is -0.670. The van der Waals surface area contributed by atoms with Crippen molar-refractivity contribution in [2.24, 2.45) is 0 Å². The molecule has 1 aromatic heterocycles. The maximum absolute atomic E-state index is 10.6. The van der Waals surface area contributed by atoms with E-state index in [9.17, 15) is 13.0 Å². The fourth-order valence-electron chi connectivity index (χ4n) is 1.04. The van der Waals surface area contributed by atoms with Crippen LogP contribution in [0.5, 0.6) is 0 Å². The van der Waals surface area contributed by atoms with Crippen LogP contribution in [-0.2, 0) is 10.1 Å². The second-order valence-corrected chi connectivity index (χ2v) is 3.96. The zero-order chi connectivity index (χ0) is 10.3. The van der Waals surface area contributed by atoms with Gasteiger partial charge in [-0.1, -0.05) is 4.85 Å². The molecule has 2 aromatic rings. The summed E-state index contributed by atoms with van der Waals surface area (Å²) in [5.41, 5.74) is 0.377. The van der Waals surface area contributed by atoms with E-state index < -0.39 is 15.0 Å². The monoisotopic (exact) mass is 237 g/mol. The van der Waals surface area contributed by atoms with E-state index in [4.69, 9.17) is 5.21 Å². The molecular formula is C6H4N3NaO4S. The zero-order valence-corrected chi connectivity index (χ0v) is 10.5. The molecule has 0 amide bonds. The van der Waals surface area contributed by atoms with E-state index in [2.05, 4.69) is 10.3 Å². The van der Waals surface area contributed by atoms with Crippen molar-refractivity contribution in [1.29, 1.82) is 0 Å². The fourth-order valence-corrected chi connectivity index (χ4v) is 1.53. The normalized spacial score (nSPS) is 11.3. The third-order valence-electron chi connectivity index (χ3n) is 1.69. The summed E-state index contributed by atoms with van der Waals surface area (Å²) in [5, 5.41) is 15.8. The third kappa shape index (κ3) is 2.29. The van der Waals surface area contributed by atoms with Crippen molar-refractivity contribution >= 4 is 21.2 Å². The molecule has 7 nitrogen and oxygen atoms in total. The fraction of sp³-hybridized carbons (Fsp3) is 0. The molecule has 1 heterocycles. The van der Waals surface area contributed by atoms with Gasteiger partial charge >= 0.3 is 29.6 Å². The number of hydrogen-bond acceptors (Lipinski definition) is 6. The summed E-state index contributed by atoms with van der Waals surface area (Å²) < 4.78 is 31.9. The van der Waals surface area contributed by atoms with Crippen LogP contribution in [0.15, 0.2) is 23.1 Å². The van der Waals surface area contributed by atoms with Crippen LogP contribution in [0.25, 0.3) is 11.0 Å². The molecule has 1 aromatic carbocycles. The quantitative estimate of drug-likeness (QED) is 0.314. The van der Waals surface area contributed by atoms with Gasteiger partial charge in [0.25, 0.3) is 0 Å². The summed E-state index contributed by atoms with van der Waals surface area (Å²) in [7, 11) is -4.52. The summed E-state index contributed by atoms with van der Waals surface area (Å²) in [5.74, 6) is 0. The molecule has 0 aliphatic carbocycles. The van der Waals surface area contributed by atoms with Gasteiger partial charge in [0.05, 0.1) is 4.90 Å². The minimum Gasteiger partial charge on any atom is -0.744 e. The molecule has 0 fully saturated rings. The molecule has 0 radical (unpaired) electrons. The molecule has 74 valence electrons. The molecule has 1 N–H and O–H groups in total. The van der Waals surface area contributed by atoms with Gasteiger partial charge in [0, 0.05) is 0 Å². The van der Waals surface area contributed by atoms with E-state index >= 15 is 0 Å². The summed E-state index contributed by atoms with van der Waals surface area (Å²) >= 11 is 0. The van der Waals surface area contributed by atoms with Gasteiger partial charge in [0.1, 0.15) is 21.2 Å². The van der Waals surface area contributed by atoms with Gasteiger partial charge in [0.15, 0.2) is 0 Å². The van der Waals surface area contributed by atoms with E-state index in [-0.39, 0.29) is 35.1 Å². The van der Waals surface area contributed by atoms with Crippen LogP contribution in [0.1, 0.15) is 0 Å².